The molecule has 6 nitrogen and oxygen atoms in total. The summed E-state index contributed by atoms with van der Waals surface area (Å²) in [6, 6.07) is 16.6. The number of benzene rings is 2. The molecule has 1 N–H and O–H groups in total. The Labute approximate surface area is 171 Å². The fraction of sp³-hybridized carbons (Fsp3) is 0.348. The number of nitrogens with zero attached hydrogens (tertiary/aromatic N) is 3. The van der Waals surface area contributed by atoms with Gasteiger partial charge in [0.1, 0.15) is 5.82 Å². The van der Waals surface area contributed by atoms with Gasteiger partial charge in [0.15, 0.2) is 0 Å². The lowest BCUT2D eigenvalue weighted by molar-refractivity contribution is 0.173. The Balaban J connectivity index is 1.88. The first-order chi connectivity index (χ1) is 14.0. The summed E-state index contributed by atoms with van der Waals surface area (Å²) in [7, 11) is 1.72. The van der Waals surface area contributed by atoms with Crippen LogP contribution in [0.5, 0.6) is 0 Å². The molecule has 3 rings (SSSR count). The summed E-state index contributed by atoms with van der Waals surface area (Å²) in [6.07, 6.45) is 1.85. The molecule has 1 aromatic heterocycles. The van der Waals surface area contributed by atoms with Crippen molar-refractivity contribution in [2.75, 3.05) is 6.54 Å². The van der Waals surface area contributed by atoms with E-state index in [4.69, 9.17) is 4.98 Å². The van der Waals surface area contributed by atoms with Crippen molar-refractivity contribution in [2.45, 2.75) is 39.3 Å². The van der Waals surface area contributed by atoms with Gasteiger partial charge in [-0.3, -0.25) is 9.36 Å². The maximum absolute atomic E-state index is 13.0. The molecule has 2 amide bonds. The second-order valence-electron chi connectivity index (χ2n) is 7.22. The molecule has 0 aliphatic rings. The average Bonchev–Trinajstić information content (AvgIpc) is 2.75. The number of carbonyl (C=O) groups is 1. The van der Waals surface area contributed by atoms with E-state index in [9.17, 15) is 9.59 Å². The largest absolute Gasteiger partial charge is 0.334 e. The van der Waals surface area contributed by atoms with Crippen LogP contribution in [0.3, 0.4) is 0 Å². The molecule has 152 valence electrons. The van der Waals surface area contributed by atoms with Gasteiger partial charge in [-0.1, -0.05) is 55.8 Å². The molecule has 0 bridgehead atoms. The summed E-state index contributed by atoms with van der Waals surface area (Å²) in [5.74, 6) is 0.583. The lowest BCUT2D eigenvalue weighted by Crippen LogP contribution is -2.43. The molecule has 0 saturated heterocycles. The van der Waals surface area contributed by atoms with Crippen LogP contribution in [0.2, 0.25) is 0 Å². The van der Waals surface area contributed by atoms with Crippen LogP contribution in [-0.2, 0) is 13.6 Å². The van der Waals surface area contributed by atoms with Gasteiger partial charge >= 0.3 is 6.03 Å². The summed E-state index contributed by atoms with van der Waals surface area (Å²) in [5, 5.41) is 3.58. The smallest absolute Gasteiger partial charge is 0.318 e. The molecule has 1 unspecified atom stereocenters. The summed E-state index contributed by atoms with van der Waals surface area (Å²) in [5.41, 5.74) is 1.59. The summed E-state index contributed by atoms with van der Waals surface area (Å²) in [4.78, 5) is 32.2. The van der Waals surface area contributed by atoms with Gasteiger partial charge in [0.2, 0.25) is 0 Å². The van der Waals surface area contributed by atoms with Crippen LogP contribution in [0, 0.1) is 0 Å². The Morgan fingerprint density at radius 3 is 2.55 bits per heavy atom. The third kappa shape index (κ3) is 4.65. The van der Waals surface area contributed by atoms with E-state index < -0.39 is 0 Å². The number of rotatable bonds is 7. The predicted octanol–water partition coefficient (Wildman–Crippen LogP) is 4.01. The van der Waals surface area contributed by atoms with Crippen LogP contribution < -0.4 is 10.9 Å². The third-order valence-corrected chi connectivity index (χ3v) is 5.16. The minimum absolute atomic E-state index is 0.0995. The predicted molar refractivity (Wildman–Crippen MR) is 116 cm³/mol. The van der Waals surface area contributed by atoms with Crippen molar-refractivity contribution in [3.8, 4) is 0 Å². The molecule has 6 heteroatoms. The van der Waals surface area contributed by atoms with Crippen molar-refractivity contribution >= 4 is 16.9 Å². The van der Waals surface area contributed by atoms with Gasteiger partial charge < -0.3 is 10.2 Å². The highest BCUT2D eigenvalue weighted by Gasteiger charge is 2.25. The van der Waals surface area contributed by atoms with E-state index in [1.165, 1.54) is 0 Å². The van der Waals surface area contributed by atoms with E-state index in [1.807, 2.05) is 55.5 Å². The van der Waals surface area contributed by atoms with E-state index in [2.05, 4.69) is 12.2 Å². The van der Waals surface area contributed by atoms with Gasteiger partial charge in [0.25, 0.3) is 5.56 Å². The highest BCUT2D eigenvalue weighted by molar-refractivity contribution is 5.78. The van der Waals surface area contributed by atoms with Crippen LogP contribution in [-0.4, -0.2) is 27.0 Å². The zero-order valence-corrected chi connectivity index (χ0v) is 17.3. The Morgan fingerprint density at radius 1 is 1.14 bits per heavy atom. The molecule has 0 spiro atoms. The monoisotopic (exact) mass is 392 g/mol. The quantitative estimate of drug-likeness (QED) is 0.661. The van der Waals surface area contributed by atoms with Crippen molar-refractivity contribution in [1.29, 1.82) is 0 Å². The average molecular weight is 393 g/mol. The number of para-hydroxylation sites is 1. The maximum atomic E-state index is 13.0. The van der Waals surface area contributed by atoms with Crippen molar-refractivity contribution in [1.82, 2.24) is 19.8 Å². The molecule has 0 aliphatic carbocycles. The lowest BCUT2D eigenvalue weighted by Gasteiger charge is -2.30. The second-order valence-corrected chi connectivity index (χ2v) is 7.22. The zero-order valence-electron chi connectivity index (χ0n) is 17.3. The van der Waals surface area contributed by atoms with Gasteiger partial charge in [-0.05, 0) is 31.0 Å². The topological polar surface area (TPSA) is 67.2 Å². The van der Waals surface area contributed by atoms with Crippen LogP contribution in [0.25, 0.3) is 10.9 Å². The molecule has 0 aliphatic heterocycles. The Hall–Kier alpha value is -3.15. The maximum Gasteiger partial charge on any atom is 0.318 e. The van der Waals surface area contributed by atoms with Crippen molar-refractivity contribution in [3.63, 3.8) is 0 Å². The van der Waals surface area contributed by atoms with Crippen molar-refractivity contribution < 1.29 is 4.79 Å². The molecule has 0 radical (unpaired) electrons. The summed E-state index contributed by atoms with van der Waals surface area (Å²) >= 11 is 0. The first-order valence-electron chi connectivity index (χ1n) is 10.1. The van der Waals surface area contributed by atoms with Gasteiger partial charge in [-0.2, -0.15) is 0 Å². The number of carbonyl (C=O) groups excluding carboxylic acids is 1. The molecule has 3 aromatic rings. The minimum Gasteiger partial charge on any atom is -0.334 e. The molecule has 1 heterocycles. The van der Waals surface area contributed by atoms with E-state index in [-0.39, 0.29) is 17.6 Å². The highest BCUT2D eigenvalue weighted by atomic mass is 16.2. The Kier molecular flexibility index (Phi) is 6.65. The minimum atomic E-state index is -0.334. The van der Waals surface area contributed by atoms with Crippen LogP contribution in [0.1, 0.15) is 44.1 Å². The van der Waals surface area contributed by atoms with Gasteiger partial charge in [-0.15, -0.1) is 0 Å². The fourth-order valence-corrected chi connectivity index (χ4v) is 3.42. The van der Waals surface area contributed by atoms with Crippen molar-refractivity contribution in [3.05, 3.63) is 76.3 Å². The number of amides is 2. The summed E-state index contributed by atoms with van der Waals surface area (Å²) in [6.45, 7) is 5.07. The molecule has 1 atom stereocenters. The van der Waals surface area contributed by atoms with E-state index in [0.717, 1.165) is 18.4 Å². The van der Waals surface area contributed by atoms with Crippen LogP contribution in [0.4, 0.5) is 4.79 Å². The van der Waals surface area contributed by atoms with Gasteiger partial charge in [0.05, 0.1) is 16.9 Å². The van der Waals surface area contributed by atoms with Crippen LogP contribution in [0.15, 0.2) is 59.4 Å². The second kappa shape index (κ2) is 9.37. The van der Waals surface area contributed by atoms with E-state index >= 15 is 0 Å². The normalized spacial score (nSPS) is 12.0. The van der Waals surface area contributed by atoms with E-state index in [0.29, 0.717) is 29.8 Å². The molecule has 2 aromatic carbocycles. The first kappa shape index (κ1) is 20.6. The van der Waals surface area contributed by atoms with Crippen LogP contribution >= 0.6 is 0 Å². The Morgan fingerprint density at radius 2 is 1.83 bits per heavy atom. The first-order valence-corrected chi connectivity index (χ1v) is 10.1. The van der Waals surface area contributed by atoms with Crippen molar-refractivity contribution in [2.24, 2.45) is 7.05 Å². The SMILES string of the molecule is CCCCN(C(=O)NCc1ccccc1)C(C)c1nc2ccccc2c(=O)n1C. The fourth-order valence-electron chi connectivity index (χ4n) is 3.42. The molecule has 29 heavy (non-hydrogen) atoms. The molecular weight excluding hydrogens is 364 g/mol. The number of nitrogens with one attached hydrogen (secondary N) is 1. The van der Waals surface area contributed by atoms with Gasteiger partial charge in [0, 0.05) is 20.1 Å². The Bertz CT molecular complexity index is 1030. The number of unbranched alkanes of at least 4 members (excludes halogenated alkanes) is 1. The summed E-state index contributed by atoms with van der Waals surface area (Å²) < 4.78 is 1.55. The zero-order chi connectivity index (χ0) is 20.8. The lowest BCUT2D eigenvalue weighted by atomic mass is 10.2. The molecule has 0 fully saturated rings. The molecule has 0 saturated carbocycles. The molecular formula is C23H28N4O2. The standard InChI is InChI=1S/C23H28N4O2/c1-4-5-15-27(23(29)24-16-18-11-7-6-8-12-18)17(2)21-25-20-14-10-9-13-19(20)22(28)26(21)3/h6-14,17H,4-5,15-16H2,1-3H3,(H,24,29). The number of aromatic nitrogens is 2. The number of fused-ring (bicyclic) bond motifs is 1. The van der Waals surface area contributed by atoms with E-state index in [1.54, 1.807) is 22.6 Å². The third-order valence-electron chi connectivity index (χ3n) is 5.16. The highest BCUT2D eigenvalue weighted by Crippen LogP contribution is 2.20. The number of hydrogen-bond acceptors (Lipinski definition) is 3. The van der Waals surface area contributed by atoms with Gasteiger partial charge in [-0.25, -0.2) is 9.78 Å². The number of hydrogen-bond donors (Lipinski definition) is 1. The number of urea groups is 1.